The van der Waals surface area contributed by atoms with Gasteiger partial charge in [0.25, 0.3) is 0 Å². The van der Waals surface area contributed by atoms with Crippen LogP contribution in [0.2, 0.25) is 0 Å². The van der Waals surface area contributed by atoms with Crippen molar-refractivity contribution in [3.63, 3.8) is 0 Å². The Hall–Kier alpha value is -8.14. The van der Waals surface area contributed by atoms with E-state index in [1.807, 2.05) is 72.8 Å². The molecule has 0 amide bonds. The largest absolute Gasteiger partial charge is 0.424 e. The van der Waals surface area contributed by atoms with Gasteiger partial charge in [-0.25, -0.2) is 29.7 Å². The monoisotopic (exact) mass is 712 g/mol. The summed E-state index contributed by atoms with van der Waals surface area (Å²) in [6.07, 6.45) is 6.64. The maximum atomic E-state index is 6.22. The molecule has 1 aliphatic heterocycles. The lowest BCUT2D eigenvalue weighted by Gasteiger charge is -2.21. The molecule has 0 N–H and O–H groups in total. The molecule has 0 atom stereocenters. The van der Waals surface area contributed by atoms with Gasteiger partial charge in [-0.1, -0.05) is 36.4 Å². The molecule has 2 aromatic carbocycles. The minimum Gasteiger partial charge on any atom is -0.424 e. The van der Waals surface area contributed by atoms with Crippen LogP contribution in [0, 0.1) is 0 Å². The highest BCUT2D eigenvalue weighted by atomic mass is 16.5. The number of benzene rings is 2. The smallest absolute Gasteiger partial charge is 0.330 e. The molecule has 0 spiro atoms. The Morgan fingerprint density at radius 2 is 0.611 bits per heavy atom. The highest BCUT2D eigenvalue weighted by molar-refractivity contribution is 5.68. The summed E-state index contributed by atoms with van der Waals surface area (Å²) in [5, 5.41) is 0. The third kappa shape index (κ3) is 6.93. The van der Waals surface area contributed by atoms with Gasteiger partial charge in [0.05, 0.1) is 0 Å². The minimum absolute atomic E-state index is 0.0744. The zero-order chi connectivity index (χ0) is 36.1. The summed E-state index contributed by atoms with van der Waals surface area (Å²) < 4.78 is 24.9. The van der Waals surface area contributed by atoms with Crippen molar-refractivity contribution in [1.29, 1.82) is 0 Å². The van der Waals surface area contributed by atoms with E-state index in [2.05, 4.69) is 49.8 Å². The fraction of sp³-hybridized carbons (Fsp3) is 0. The second kappa shape index (κ2) is 14.2. The summed E-state index contributed by atoms with van der Waals surface area (Å²) in [4.78, 5) is 49.0. The topological polar surface area (TPSA) is 172 Å². The summed E-state index contributed by atoms with van der Waals surface area (Å²) in [6.45, 7) is 0. The molecule has 54 heavy (non-hydrogen) atoms. The van der Waals surface area contributed by atoms with E-state index in [1.54, 1.807) is 83.1 Å². The van der Waals surface area contributed by atoms with Crippen molar-refractivity contribution >= 4 is 35.2 Å². The molecule has 0 fully saturated rings. The fourth-order valence-electron chi connectivity index (χ4n) is 5.25. The minimum atomic E-state index is -0.0744. The number of nitrogens with zero attached hydrogens (tertiary/aromatic N) is 12. The van der Waals surface area contributed by atoms with Crippen LogP contribution in [0.4, 0.5) is 35.2 Å². The standard InChI is InChI=1S/C38H24N12O4/c1-5-19-39-29(15-1)49(30-16-2-6-20-40-30)33-43-35-47-36(44-33)52-26-12-10-14-28(24-26)54-38-46-34(45-37(48-38)53-27-13-9-11-25(23-27)51-35)50(31-17-3-7-21-41-31)32-18-4-8-22-42-32/h1-24H. The highest BCUT2D eigenvalue weighted by Crippen LogP contribution is 2.36. The summed E-state index contributed by atoms with van der Waals surface area (Å²) in [6, 6.07) is 35.2. The molecule has 0 unspecified atom stereocenters. The number of fused-ring (bicyclic) bond motifs is 8. The summed E-state index contributed by atoms with van der Waals surface area (Å²) in [5.41, 5.74) is 0. The average molecular weight is 713 g/mol. The van der Waals surface area contributed by atoms with Crippen LogP contribution in [-0.2, 0) is 0 Å². The lowest BCUT2D eigenvalue weighted by Crippen LogP contribution is -2.17. The molecule has 9 rings (SSSR count). The van der Waals surface area contributed by atoms with Gasteiger partial charge in [0.15, 0.2) is 0 Å². The van der Waals surface area contributed by atoms with Crippen molar-refractivity contribution in [2.24, 2.45) is 0 Å². The van der Waals surface area contributed by atoms with E-state index >= 15 is 0 Å². The van der Waals surface area contributed by atoms with Crippen LogP contribution in [-0.4, -0.2) is 49.8 Å². The Morgan fingerprint density at radius 3 is 0.870 bits per heavy atom. The van der Waals surface area contributed by atoms with Crippen molar-refractivity contribution < 1.29 is 18.9 Å². The molecular weight excluding hydrogens is 688 g/mol. The molecule has 0 aliphatic carbocycles. The van der Waals surface area contributed by atoms with Gasteiger partial charge < -0.3 is 18.9 Å². The Labute approximate surface area is 306 Å². The van der Waals surface area contributed by atoms with E-state index in [9.17, 15) is 0 Å². The first-order chi connectivity index (χ1) is 26.7. The molecule has 0 saturated carbocycles. The number of aromatic nitrogens is 10. The Morgan fingerprint density at radius 1 is 0.315 bits per heavy atom. The Bertz CT molecular complexity index is 2200. The Balaban J connectivity index is 1.16. The first kappa shape index (κ1) is 31.8. The normalized spacial score (nSPS) is 11.6. The van der Waals surface area contributed by atoms with E-state index in [1.165, 1.54) is 0 Å². The average Bonchev–Trinajstić information content (AvgIpc) is 3.20. The van der Waals surface area contributed by atoms with Gasteiger partial charge in [0.2, 0.25) is 11.9 Å². The van der Waals surface area contributed by atoms with Crippen LogP contribution in [0.25, 0.3) is 0 Å². The fourth-order valence-corrected chi connectivity index (χ4v) is 5.25. The molecule has 0 radical (unpaired) electrons. The molecule has 0 saturated heterocycles. The quantitative estimate of drug-likeness (QED) is 0.162. The second-order valence-electron chi connectivity index (χ2n) is 11.2. The van der Waals surface area contributed by atoms with E-state index in [0.717, 1.165) is 0 Å². The maximum Gasteiger partial charge on any atom is 0.330 e. The van der Waals surface area contributed by atoms with Crippen LogP contribution in [0.15, 0.2) is 146 Å². The van der Waals surface area contributed by atoms with E-state index in [0.29, 0.717) is 46.3 Å². The lowest BCUT2D eigenvalue weighted by atomic mass is 10.3. The van der Waals surface area contributed by atoms with Gasteiger partial charge in [-0.05, 0) is 72.8 Å². The molecular formula is C38H24N12O4. The molecule has 1 aliphatic rings. The summed E-state index contributed by atoms with van der Waals surface area (Å²) in [7, 11) is 0. The van der Waals surface area contributed by atoms with Crippen LogP contribution in [0.5, 0.6) is 47.0 Å². The van der Waals surface area contributed by atoms with Crippen molar-refractivity contribution in [2.45, 2.75) is 0 Å². The van der Waals surface area contributed by atoms with Gasteiger partial charge in [-0.15, -0.1) is 9.97 Å². The first-order valence-corrected chi connectivity index (χ1v) is 16.4. The van der Waals surface area contributed by atoms with Gasteiger partial charge >= 0.3 is 24.0 Å². The Kier molecular flexibility index (Phi) is 8.39. The number of ether oxygens (including phenoxy) is 4. The third-order valence-electron chi connectivity index (χ3n) is 7.53. The predicted molar refractivity (Wildman–Crippen MR) is 193 cm³/mol. The highest BCUT2D eigenvalue weighted by Gasteiger charge is 2.24. The van der Waals surface area contributed by atoms with Crippen molar-refractivity contribution in [2.75, 3.05) is 9.80 Å². The maximum absolute atomic E-state index is 6.22. The van der Waals surface area contributed by atoms with Crippen LogP contribution in [0.1, 0.15) is 0 Å². The number of hydrogen-bond acceptors (Lipinski definition) is 16. The van der Waals surface area contributed by atoms with E-state index in [4.69, 9.17) is 18.9 Å². The third-order valence-corrected chi connectivity index (χ3v) is 7.53. The van der Waals surface area contributed by atoms with Crippen molar-refractivity contribution in [1.82, 2.24) is 49.8 Å². The lowest BCUT2D eigenvalue weighted by molar-refractivity contribution is 0.381. The number of rotatable bonds is 6. The molecule has 6 aromatic heterocycles. The van der Waals surface area contributed by atoms with Crippen LogP contribution < -0.4 is 28.7 Å². The van der Waals surface area contributed by atoms with Gasteiger partial charge in [-0.2, -0.15) is 19.9 Å². The number of anilines is 6. The van der Waals surface area contributed by atoms with Crippen LogP contribution >= 0.6 is 0 Å². The predicted octanol–water partition coefficient (Wildman–Crippen LogP) is 8.06. The first-order valence-electron chi connectivity index (χ1n) is 16.4. The van der Waals surface area contributed by atoms with Crippen molar-refractivity contribution in [3.05, 3.63) is 146 Å². The van der Waals surface area contributed by atoms with Gasteiger partial charge in [-0.3, -0.25) is 0 Å². The van der Waals surface area contributed by atoms with Gasteiger partial charge in [0, 0.05) is 36.9 Å². The number of hydrogen-bond donors (Lipinski definition) is 0. The van der Waals surface area contributed by atoms with Crippen molar-refractivity contribution in [3.8, 4) is 47.0 Å². The van der Waals surface area contributed by atoms with Crippen LogP contribution in [0.3, 0.4) is 0 Å². The second-order valence-corrected chi connectivity index (χ2v) is 11.2. The SMILES string of the molecule is c1ccc(N(c2ccccn2)c2nc3nc(n2)Oc2cccc(c2)Oc2nc(nc(N(c4ccccn4)c4ccccn4)n2)Oc2cccc(c2)O3)nc1. The molecule has 8 aromatic rings. The zero-order valence-corrected chi connectivity index (χ0v) is 27.9. The summed E-state index contributed by atoms with van der Waals surface area (Å²) in [5.74, 6) is 3.63. The molecule has 260 valence electrons. The molecule has 16 nitrogen and oxygen atoms in total. The molecule has 16 heteroatoms. The zero-order valence-electron chi connectivity index (χ0n) is 27.9. The molecule has 8 bridgehead atoms. The van der Waals surface area contributed by atoms with E-state index in [-0.39, 0.29) is 35.9 Å². The molecule has 7 heterocycles. The summed E-state index contributed by atoms with van der Waals surface area (Å²) >= 11 is 0. The van der Waals surface area contributed by atoms with E-state index < -0.39 is 0 Å². The van der Waals surface area contributed by atoms with Gasteiger partial charge in [0.1, 0.15) is 46.3 Å². The number of pyridine rings is 4.